The molecule has 0 aromatic heterocycles. The molecule has 5 heteroatoms. The van der Waals surface area contributed by atoms with Gasteiger partial charge in [-0.05, 0) is 42.7 Å². The summed E-state index contributed by atoms with van der Waals surface area (Å²) in [6, 6.07) is 16.2. The molecule has 2 aromatic carbocycles. The van der Waals surface area contributed by atoms with Crippen molar-refractivity contribution in [1.29, 1.82) is 0 Å². The minimum atomic E-state index is 0.405. The zero-order chi connectivity index (χ0) is 17.4. The zero-order valence-corrected chi connectivity index (χ0v) is 14.6. The zero-order valence-electron chi connectivity index (χ0n) is 14.6. The molecule has 0 radical (unpaired) electrons. The second kappa shape index (κ2) is 8.82. The Morgan fingerprint density at radius 3 is 2.50 bits per heavy atom. The van der Waals surface area contributed by atoms with Crippen molar-refractivity contribution >= 4 is 17.3 Å². The SMILES string of the molecule is COc1ccccc1NC(N)=NCCCc1ccc(N(C)C)cc1. The monoisotopic (exact) mass is 326 g/mol. The van der Waals surface area contributed by atoms with Crippen LogP contribution in [0.15, 0.2) is 53.5 Å². The van der Waals surface area contributed by atoms with Crippen LogP contribution < -0.4 is 20.7 Å². The molecule has 0 fully saturated rings. The smallest absolute Gasteiger partial charge is 0.193 e. The van der Waals surface area contributed by atoms with E-state index in [0.717, 1.165) is 24.3 Å². The molecular formula is C19H26N4O. The first kappa shape index (κ1) is 17.7. The van der Waals surface area contributed by atoms with Gasteiger partial charge in [-0.15, -0.1) is 0 Å². The highest BCUT2D eigenvalue weighted by molar-refractivity contribution is 5.93. The van der Waals surface area contributed by atoms with Crippen molar-refractivity contribution in [3.05, 3.63) is 54.1 Å². The van der Waals surface area contributed by atoms with Gasteiger partial charge in [0, 0.05) is 26.3 Å². The summed E-state index contributed by atoms with van der Waals surface area (Å²) in [5, 5.41) is 3.08. The van der Waals surface area contributed by atoms with Crippen LogP contribution in [0.25, 0.3) is 0 Å². The van der Waals surface area contributed by atoms with Crippen molar-refractivity contribution in [1.82, 2.24) is 0 Å². The lowest BCUT2D eigenvalue weighted by Gasteiger charge is -2.12. The molecule has 5 nitrogen and oxygen atoms in total. The van der Waals surface area contributed by atoms with Gasteiger partial charge in [-0.1, -0.05) is 24.3 Å². The first-order valence-electron chi connectivity index (χ1n) is 8.06. The van der Waals surface area contributed by atoms with Crippen LogP contribution in [-0.2, 0) is 6.42 Å². The summed E-state index contributed by atoms with van der Waals surface area (Å²) < 4.78 is 5.28. The number of hydrogen-bond acceptors (Lipinski definition) is 3. The van der Waals surface area contributed by atoms with E-state index in [0.29, 0.717) is 12.5 Å². The number of nitrogens with one attached hydrogen (secondary N) is 1. The molecule has 3 N–H and O–H groups in total. The van der Waals surface area contributed by atoms with Gasteiger partial charge in [-0.2, -0.15) is 0 Å². The van der Waals surface area contributed by atoms with Crippen LogP contribution in [0.3, 0.4) is 0 Å². The lowest BCUT2D eigenvalue weighted by atomic mass is 10.1. The molecule has 0 aliphatic rings. The van der Waals surface area contributed by atoms with Gasteiger partial charge < -0.3 is 20.7 Å². The summed E-state index contributed by atoms with van der Waals surface area (Å²) in [6.45, 7) is 0.684. The lowest BCUT2D eigenvalue weighted by molar-refractivity contribution is 0.417. The fourth-order valence-corrected chi connectivity index (χ4v) is 2.37. The first-order valence-corrected chi connectivity index (χ1v) is 8.06. The highest BCUT2D eigenvalue weighted by Gasteiger charge is 2.02. The summed E-state index contributed by atoms with van der Waals surface area (Å²) in [5.74, 6) is 1.15. The van der Waals surface area contributed by atoms with E-state index in [4.69, 9.17) is 10.5 Å². The van der Waals surface area contributed by atoms with Gasteiger partial charge in [0.05, 0.1) is 12.8 Å². The number of para-hydroxylation sites is 2. The van der Waals surface area contributed by atoms with E-state index in [-0.39, 0.29) is 0 Å². The third-order valence-corrected chi connectivity index (χ3v) is 3.73. The quantitative estimate of drug-likeness (QED) is 0.466. The average molecular weight is 326 g/mol. The van der Waals surface area contributed by atoms with Crippen molar-refractivity contribution < 1.29 is 4.74 Å². The highest BCUT2D eigenvalue weighted by atomic mass is 16.5. The van der Waals surface area contributed by atoms with Crippen molar-refractivity contribution in [3.63, 3.8) is 0 Å². The number of guanidine groups is 1. The number of methoxy groups -OCH3 is 1. The lowest BCUT2D eigenvalue weighted by Crippen LogP contribution is -2.23. The Morgan fingerprint density at radius 1 is 1.12 bits per heavy atom. The van der Waals surface area contributed by atoms with E-state index < -0.39 is 0 Å². The Hall–Kier alpha value is -2.69. The third-order valence-electron chi connectivity index (χ3n) is 3.73. The Morgan fingerprint density at radius 2 is 1.83 bits per heavy atom. The number of ether oxygens (including phenoxy) is 1. The molecule has 0 spiro atoms. The van der Waals surface area contributed by atoms with E-state index in [1.807, 2.05) is 38.4 Å². The molecule has 128 valence electrons. The molecule has 0 aliphatic carbocycles. The molecule has 0 amide bonds. The topological polar surface area (TPSA) is 62.9 Å². The highest BCUT2D eigenvalue weighted by Crippen LogP contribution is 2.22. The molecule has 0 saturated heterocycles. The van der Waals surface area contributed by atoms with Gasteiger partial charge in [-0.3, -0.25) is 4.99 Å². The van der Waals surface area contributed by atoms with Crippen molar-refractivity contribution in [2.24, 2.45) is 10.7 Å². The van der Waals surface area contributed by atoms with Crippen molar-refractivity contribution in [2.45, 2.75) is 12.8 Å². The number of nitrogens with two attached hydrogens (primary N) is 1. The number of aliphatic imine (C=N–C) groups is 1. The number of hydrogen-bond donors (Lipinski definition) is 2. The van der Waals surface area contributed by atoms with Crippen LogP contribution in [-0.4, -0.2) is 33.7 Å². The summed E-state index contributed by atoms with van der Waals surface area (Å²) >= 11 is 0. The average Bonchev–Trinajstić information content (AvgIpc) is 2.59. The Labute approximate surface area is 144 Å². The first-order chi connectivity index (χ1) is 11.6. The number of anilines is 2. The largest absolute Gasteiger partial charge is 0.495 e. The van der Waals surface area contributed by atoms with E-state index >= 15 is 0 Å². The second-order valence-corrected chi connectivity index (χ2v) is 5.76. The Kier molecular flexibility index (Phi) is 6.49. The molecule has 24 heavy (non-hydrogen) atoms. The minimum absolute atomic E-state index is 0.405. The molecule has 0 atom stereocenters. The molecule has 0 heterocycles. The number of aryl methyl sites for hydroxylation is 1. The van der Waals surface area contributed by atoms with E-state index in [9.17, 15) is 0 Å². The second-order valence-electron chi connectivity index (χ2n) is 5.76. The van der Waals surface area contributed by atoms with E-state index in [1.54, 1.807) is 7.11 Å². The van der Waals surface area contributed by atoms with Crippen LogP contribution in [0.5, 0.6) is 5.75 Å². The summed E-state index contributed by atoms with van der Waals surface area (Å²) in [5.41, 5.74) is 9.28. The third kappa shape index (κ3) is 5.19. The molecule has 0 aliphatic heterocycles. The molecule has 0 unspecified atom stereocenters. The predicted octanol–water partition coefficient (Wildman–Crippen LogP) is 3.12. The van der Waals surface area contributed by atoms with Crippen LogP contribution in [0.2, 0.25) is 0 Å². The van der Waals surface area contributed by atoms with Crippen molar-refractivity contribution in [2.75, 3.05) is 38.0 Å². The van der Waals surface area contributed by atoms with Crippen molar-refractivity contribution in [3.8, 4) is 5.75 Å². The number of rotatable bonds is 7. The van der Waals surface area contributed by atoms with Crippen LogP contribution in [0.4, 0.5) is 11.4 Å². The van der Waals surface area contributed by atoms with Gasteiger partial charge in [0.1, 0.15) is 5.75 Å². The van der Waals surface area contributed by atoms with Crippen LogP contribution >= 0.6 is 0 Å². The van der Waals surface area contributed by atoms with Gasteiger partial charge in [-0.25, -0.2) is 0 Å². The fraction of sp³-hybridized carbons (Fsp3) is 0.316. The molecule has 0 bridgehead atoms. The van der Waals surface area contributed by atoms with E-state index in [2.05, 4.69) is 39.5 Å². The molecule has 0 saturated carbocycles. The normalized spacial score (nSPS) is 11.2. The standard InChI is InChI=1S/C19H26N4O/c1-23(2)16-12-10-15(11-13-16)7-6-14-21-19(20)22-17-8-4-5-9-18(17)24-3/h4-5,8-13H,6-7,14H2,1-3H3,(H3,20,21,22). The number of benzene rings is 2. The van der Waals surface area contributed by atoms with Crippen LogP contribution in [0.1, 0.15) is 12.0 Å². The van der Waals surface area contributed by atoms with Gasteiger partial charge in [0.15, 0.2) is 5.96 Å². The van der Waals surface area contributed by atoms with Crippen LogP contribution in [0, 0.1) is 0 Å². The summed E-state index contributed by atoms with van der Waals surface area (Å²) in [6.07, 6.45) is 1.94. The fourth-order valence-electron chi connectivity index (χ4n) is 2.37. The molecule has 2 aromatic rings. The van der Waals surface area contributed by atoms with Gasteiger partial charge in [0.25, 0.3) is 0 Å². The minimum Gasteiger partial charge on any atom is -0.495 e. The maximum atomic E-state index is 5.94. The molecular weight excluding hydrogens is 300 g/mol. The summed E-state index contributed by atoms with van der Waals surface area (Å²) in [4.78, 5) is 6.47. The number of nitrogens with zero attached hydrogens (tertiary/aromatic N) is 2. The Bertz CT molecular complexity index is 665. The Balaban J connectivity index is 1.80. The van der Waals surface area contributed by atoms with Gasteiger partial charge >= 0.3 is 0 Å². The summed E-state index contributed by atoms with van der Waals surface area (Å²) in [7, 11) is 5.72. The molecule has 2 rings (SSSR count). The predicted molar refractivity (Wildman–Crippen MR) is 102 cm³/mol. The maximum Gasteiger partial charge on any atom is 0.193 e. The van der Waals surface area contributed by atoms with Gasteiger partial charge in [0.2, 0.25) is 0 Å². The maximum absolute atomic E-state index is 5.94. The van der Waals surface area contributed by atoms with E-state index in [1.165, 1.54) is 11.3 Å².